The van der Waals surface area contributed by atoms with E-state index in [1.54, 1.807) is 19.1 Å². The minimum absolute atomic E-state index is 0.0416. The van der Waals surface area contributed by atoms with Gasteiger partial charge in [-0.3, -0.25) is 4.79 Å². The summed E-state index contributed by atoms with van der Waals surface area (Å²) in [6, 6.07) is 7.04. The zero-order valence-electron chi connectivity index (χ0n) is 16.7. The van der Waals surface area contributed by atoms with Gasteiger partial charge in [0.1, 0.15) is 5.82 Å². The number of alkyl halides is 2. The van der Waals surface area contributed by atoms with Crippen LogP contribution in [-0.4, -0.2) is 22.7 Å². The number of nitrogens with one attached hydrogen (secondary N) is 1. The summed E-state index contributed by atoms with van der Waals surface area (Å²) < 4.78 is 36.4. The molecule has 6 nitrogen and oxygen atoms in total. The SMILES string of the molecule is Cc1nc2c(c(=O)[nH]1)CC(C#N)(c1ccc(OC(F)F)c(OC3CCCC3)c1)CC2. The van der Waals surface area contributed by atoms with Gasteiger partial charge in [-0.25, -0.2) is 4.98 Å². The van der Waals surface area contributed by atoms with Gasteiger partial charge in [-0.2, -0.15) is 14.0 Å². The van der Waals surface area contributed by atoms with Gasteiger partial charge in [0.2, 0.25) is 0 Å². The normalized spacial score (nSPS) is 21.3. The molecular formula is C22H23F2N3O3. The molecule has 0 amide bonds. The van der Waals surface area contributed by atoms with Crippen molar-refractivity contribution in [2.75, 3.05) is 0 Å². The third-order valence-corrected chi connectivity index (χ3v) is 6.01. The molecule has 1 heterocycles. The van der Waals surface area contributed by atoms with Crippen molar-refractivity contribution in [1.82, 2.24) is 9.97 Å². The molecule has 1 aromatic heterocycles. The molecule has 0 radical (unpaired) electrons. The number of ether oxygens (including phenoxy) is 2. The maximum atomic E-state index is 12.9. The van der Waals surface area contributed by atoms with Crippen LogP contribution in [0.4, 0.5) is 8.78 Å². The van der Waals surface area contributed by atoms with Gasteiger partial charge >= 0.3 is 6.61 Å². The third kappa shape index (κ3) is 3.89. The number of benzene rings is 1. The van der Waals surface area contributed by atoms with Crippen LogP contribution in [0.2, 0.25) is 0 Å². The Balaban J connectivity index is 1.72. The van der Waals surface area contributed by atoms with Gasteiger partial charge in [0.05, 0.1) is 23.3 Å². The number of nitriles is 1. The maximum Gasteiger partial charge on any atom is 0.387 e. The summed E-state index contributed by atoms with van der Waals surface area (Å²) >= 11 is 0. The van der Waals surface area contributed by atoms with Crippen molar-refractivity contribution in [3.63, 3.8) is 0 Å². The van der Waals surface area contributed by atoms with E-state index in [9.17, 15) is 18.8 Å². The fourth-order valence-electron chi connectivity index (χ4n) is 4.46. The lowest BCUT2D eigenvalue weighted by molar-refractivity contribution is -0.0520. The number of aromatic amines is 1. The number of hydrogen-bond acceptors (Lipinski definition) is 5. The zero-order valence-corrected chi connectivity index (χ0v) is 16.7. The molecule has 4 rings (SSSR count). The van der Waals surface area contributed by atoms with Crippen LogP contribution in [0.5, 0.6) is 11.5 Å². The smallest absolute Gasteiger partial charge is 0.387 e. The standard InChI is InChI=1S/C22H23F2N3O3/c1-13-26-17-8-9-22(12-25,11-16(17)20(28)27-13)14-6-7-18(30-21(23)24)19(10-14)29-15-4-2-3-5-15/h6-7,10,15,21H,2-5,8-9,11H2,1H3,(H,26,27,28). The van der Waals surface area contributed by atoms with Gasteiger partial charge < -0.3 is 14.5 Å². The fourth-order valence-corrected chi connectivity index (χ4v) is 4.46. The number of H-pyrrole nitrogens is 1. The molecule has 0 bridgehead atoms. The van der Waals surface area contributed by atoms with Crippen molar-refractivity contribution in [2.24, 2.45) is 0 Å². The molecule has 8 heteroatoms. The van der Waals surface area contributed by atoms with Crippen molar-refractivity contribution in [1.29, 1.82) is 5.26 Å². The summed E-state index contributed by atoms with van der Waals surface area (Å²) in [5, 5.41) is 10.1. The van der Waals surface area contributed by atoms with Crippen molar-refractivity contribution in [2.45, 2.75) is 70.0 Å². The molecule has 1 atom stereocenters. The number of fused-ring (bicyclic) bond motifs is 1. The van der Waals surface area contributed by atoms with Crippen molar-refractivity contribution >= 4 is 0 Å². The summed E-state index contributed by atoms with van der Waals surface area (Å²) in [7, 11) is 0. The summed E-state index contributed by atoms with van der Waals surface area (Å²) in [4.78, 5) is 19.6. The van der Waals surface area contributed by atoms with Gasteiger partial charge in [0, 0.05) is 12.0 Å². The Labute approximate surface area is 172 Å². The predicted octanol–water partition coefficient (Wildman–Crippen LogP) is 3.95. The van der Waals surface area contributed by atoms with E-state index in [2.05, 4.69) is 20.8 Å². The summed E-state index contributed by atoms with van der Waals surface area (Å²) in [6.07, 6.45) is 4.89. The zero-order chi connectivity index (χ0) is 21.3. The number of aryl methyl sites for hydroxylation is 2. The van der Waals surface area contributed by atoms with Crippen LogP contribution in [0.15, 0.2) is 23.0 Å². The average molecular weight is 415 g/mol. The summed E-state index contributed by atoms with van der Waals surface area (Å²) in [5.74, 6) is 0.722. The first kappa shape index (κ1) is 20.3. The lowest BCUT2D eigenvalue weighted by Crippen LogP contribution is -2.36. The monoisotopic (exact) mass is 415 g/mol. The Bertz CT molecular complexity index is 1040. The van der Waals surface area contributed by atoms with Crippen LogP contribution in [0.3, 0.4) is 0 Å². The number of rotatable bonds is 5. The largest absolute Gasteiger partial charge is 0.487 e. The van der Waals surface area contributed by atoms with Gasteiger partial charge in [0.15, 0.2) is 11.5 Å². The second kappa shape index (κ2) is 8.05. The van der Waals surface area contributed by atoms with Crippen LogP contribution >= 0.6 is 0 Å². The van der Waals surface area contributed by atoms with E-state index < -0.39 is 12.0 Å². The minimum atomic E-state index is -2.97. The van der Waals surface area contributed by atoms with Gasteiger partial charge in [0.25, 0.3) is 5.56 Å². The number of halogens is 2. The van der Waals surface area contributed by atoms with Crippen LogP contribution in [-0.2, 0) is 18.3 Å². The summed E-state index contributed by atoms with van der Waals surface area (Å²) in [6.45, 7) is -1.25. The van der Waals surface area contributed by atoms with Crippen molar-refractivity contribution < 1.29 is 18.3 Å². The van der Waals surface area contributed by atoms with E-state index >= 15 is 0 Å². The van der Waals surface area contributed by atoms with E-state index in [1.165, 1.54) is 6.07 Å². The topological polar surface area (TPSA) is 88.0 Å². The number of aromatic nitrogens is 2. The molecular weight excluding hydrogens is 392 g/mol. The van der Waals surface area contributed by atoms with Crippen molar-refractivity contribution in [3.8, 4) is 17.6 Å². The average Bonchev–Trinajstić information content (AvgIpc) is 3.22. The molecule has 0 spiro atoms. The van der Waals surface area contributed by atoms with Gasteiger partial charge in [-0.1, -0.05) is 6.07 Å². The maximum absolute atomic E-state index is 12.9. The molecule has 2 aliphatic carbocycles. The third-order valence-electron chi connectivity index (χ3n) is 6.01. The Hall–Kier alpha value is -2.95. The molecule has 2 aromatic rings. The lowest BCUT2D eigenvalue weighted by Gasteiger charge is -2.32. The molecule has 1 N–H and O–H groups in total. The minimum Gasteiger partial charge on any atom is -0.487 e. The van der Waals surface area contributed by atoms with E-state index in [0.29, 0.717) is 35.5 Å². The first-order chi connectivity index (χ1) is 14.4. The fraction of sp³-hybridized carbons (Fsp3) is 0.500. The van der Waals surface area contributed by atoms with E-state index in [0.717, 1.165) is 25.7 Å². The first-order valence-electron chi connectivity index (χ1n) is 10.2. The summed E-state index contributed by atoms with van der Waals surface area (Å²) in [5.41, 5.74) is 0.637. The highest BCUT2D eigenvalue weighted by Gasteiger charge is 2.39. The van der Waals surface area contributed by atoms with Crippen LogP contribution in [0, 0.1) is 18.3 Å². The molecule has 1 saturated carbocycles. The van der Waals surface area contributed by atoms with Crippen LogP contribution < -0.4 is 15.0 Å². The Morgan fingerprint density at radius 3 is 2.77 bits per heavy atom. The van der Waals surface area contributed by atoms with Gasteiger partial charge in [-0.15, -0.1) is 0 Å². The van der Waals surface area contributed by atoms with Crippen molar-refractivity contribution in [3.05, 3.63) is 51.2 Å². The highest BCUT2D eigenvalue weighted by molar-refractivity contribution is 5.49. The quantitative estimate of drug-likeness (QED) is 0.799. The van der Waals surface area contributed by atoms with E-state index in [-0.39, 0.29) is 29.6 Å². The molecule has 1 unspecified atom stereocenters. The Morgan fingerprint density at radius 1 is 1.30 bits per heavy atom. The first-order valence-corrected chi connectivity index (χ1v) is 10.2. The second-order valence-electron chi connectivity index (χ2n) is 8.01. The Morgan fingerprint density at radius 2 is 2.07 bits per heavy atom. The molecule has 0 saturated heterocycles. The van der Waals surface area contributed by atoms with Crippen LogP contribution in [0.25, 0.3) is 0 Å². The molecule has 158 valence electrons. The Kier molecular flexibility index (Phi) is 5.46. The highest BCUT2D eigenvalue weighted by atomic mass is 19.3. The number of hydrogen-bond donors (Lipinski definition) is 1. The highest BCUT2D eigenvalue weighted by Crippen LogP contribution is 2.41. The molecule has 1 aromatic carbocycles. The lowest BCUT2D eigenvalue weighted by atomic mass is 9.69. The molecule has 30 heavy (non-hydrogen) atoms. The van der Waals surface area contributed by atoms with E-state index in [4.69, 9.17) is 4.74 Å². The van der Waals surface area contributed by atoms with Crippen LogP contribution in [0.1, 0.15) is 54.7 Å². The molecule has 0 aliphatic heterocycles. The predicted molar refractivity (Wildman–Crippen MR) is 105 cm³/mol. The molecule has 2 aliphatic rings. The van der Waals surface area contributed by atoms with Gasteiger partial charge in [-0.05, 0) is 63.1 Å². The van der Waals surface area contributed by atoms with E-state index in [1.807, 2.05) is 0 Å². The molecule has 1 fully saturated rings. The second-order valence-corrected chi connectivity index (χ2v) is 8.01. The number of nitrogens with zero attached hydrogens (tertiary/aromatic N) is 2.